The largest absolute Gasteiger partial charge is 0.423 e. The van der Waals surface area contributed by atoms with E-state index in [4.69, 9.17) is 4.74 Å². The molecule has 0 saturated heterocycles. The van der Waals surface area contributed by atoms with Crippen LogP contribution in [0.25, 0.3) is 0 Å². The third-order valence-corrected chi connectivity index (χ3v) is 7.00. The highest BCUT2D eigenvalue weighted by Crippen LogP contribution is 2.37. The third-order valence-electron chi connectivity index (χ3n) is 5.27. The van der Waals surface area contributed by atoms with Crippen LogP contribution in [0.3, 0.4) is 0 Å². The van der Waals surface area contributed by atoms with Crippen molar-refractivity contribution in [3.8, 4) is 11.8 Å². The molecule has 8 nitrogen and oxygen atoms in total. The maximum atomic E-state index is 12.3. The molecule has 0 unspecified atom stereocenters. The lowest BCUT2D eigenvalue weighted by Crippen LogP contribution is -2.32. The molecule has 0 spiro atoms. The molecule has 2 amide bonds. The van der Waals surface area contributed by atoms with Gasteiger partial charge < -0.3 is 10.1 Å². The Labute approximate surface area is 213 Å². The van der Waals surface area contributed by atoms with Crippen molar-refractivity contribution in [3.05, 3.63) is 80.1 Å². The van der Waals surface area contributed by atoms with Crippen molar-refractivity contribution < 1.29 is 19.1 Å². The lowest BCUT2D eigenvalue weighted by molar-refractivity contribution is -0.136. The van der Waals surface area contributed by atoms with Crippen LogP contribution in [-0.2, 0) is 22.4 Å². The minimum absolute atomic E-state index is 0.352. The highest BCUT2D eigenvalue weighted by Gasteiger charge is 2.23. The van der Waals surface area contributed by atoms with Gasteiger partial charge >= 0.3 is 17.8 Å². The minimum atomic E-state index is -0.948. The van der Waals surface area contributed by atoms with Crippen LogP contribution in [0.5, 0.6) is 5.75 Å². The quantitative estimate of drug-likeness (QED) is 0.158. The first-order chi connectivity index (χ1) is 16.9. The molecule has 1 heterocycles. The highest BCUT2D eigenvalue weighted by molar-refractivity contribution is 9.10. The Morgan fingerprint density at radius 2 is 1.74 bits per heavy atom. The first-order valence-electron chi connectivity index (χ1n) is 10.7. The average molecular weight is 551 g/mol. The number of nitriles is 1. The van der Waals surface area contributed by atoms with Crippen LogP contribution in [0, 0.1) is 11.3 Å². The van der Waals surface area contributed by atoms with Crippen LogP contribution in [0.2, 0.25) is 0 Å². The van der Waals surface area contributed by atoms with Crippen LogP contribution in [0.1, 0.15) is 44.8 Å². The maximum Gasteiger partial charge on any atom is 0.343 e. The molecule has 0 atom stereocenters. The van der Waals surface area contributed by atoms with Crippen LogP contribution in [0.15, 0.2) is 58.1 Å². The molecule has 35 heavy (non-hydrogen) atoms. The predicted octanol–water partition coefficient (Wildman–Crippen LogP) is 4.57. The molecule has 1 aliphatic rings. The van der Waals surface area contributed by atoms with Gasteiger partial charge in [-0.25, -0.2) is 10.2 Å². The molecule has 4 rings (SSSR count). The second-order valence-electron chi connectivity index (χ2n) is 7.65. The van der Waals surface area contributed by atoms with E-state index in [0.717, 1.165) is 40.6 Å². The molecular formula is C25H19BrN4O4S. The van der Waals surface area contributed by atoms with E-state index >= 15 is 0 Å². The summed E-state index contributed by atoms with van der Waals surface area (Å²) in [7, 11) is 0. The van der Waals surface area contributed by atoms with Gasteiger partial charge in [-0.2, -0.15) is 10.4 Å². The Morgan fingerprint density at radius 3 is 2.46 bits per heavy atom. The predicted molar refractivity (Wildman–Crippen MR) is 136 cm³/mol. The van der Waals surface area contributed by atoms with Gasteiger partial charge in [-0.3, -0.25) is 9.59 Å². The van der Waals surface area contributed by atoms with Crippen molar-refractivity contribution in [3.63, 3.8) is 0 Å². The monoisotopic (exact) mass is 550 g/mol. The zero-order valence-electron chi connectivity index (χ0n) is 18.3. The number of aryl methyl sites for hydroxylation is 1. The number of esters is 1. The van der Waals surface area contributed by atoms with Crippen molar-refractivity contribution in [2.75, 3.05) is 5.32 Å². The van der Waals surface area contributed by atoms with Crippen molar-refractivity contribution in [1.82, 2.24) is 5.43 Å². The molecule has 0 aliphatic heterocycles. The standard InChI is InChI=1S/C25H19BrN4O4S/c26-17-9-7-16(8-10-17)25(33)34-18-11-5-15(6-12-18)14-28-30-23(32)22(31)29-24-20(13-27)19-3-1-2-4-21(19)35-24/h5-12,14H,1-4H2,(H,29,31)(H,30,32)/b28-14-. The SMILES string of the molecule is N#Cc1c(NC(=O)C(=O)N/N=C\c2ccc(OC(=O)c3ccc(Br)cc3)cc2)sc2c1CCCC2. The van der Waals surface area contributed by atoms with E-state index in [-0.39, 0.29) is 0 Å². The Morgan fingerprint density at radius 1 is 1.03 bits per heavy atom. The smallest absolute Gasteiger partial charge is 0.343 e. The number of thiophene rings is 1. The summed E-state index contributed by atoms with van der Waals surface area (Å²) in [6.07, 6.45) is 5.10. The van der Waals surface area contributed by atoms with Gasteiger partial charge in [-0.15, -0.1) is 11.3 Å². The zero-order chi connectivity index (χ0) is 24.8. The van der Waals surface area contributed by atoms with E-state index in [9.17, 15) is 19.6 Å². The number of halogens is 1. The van der Waals surface area contributed by atoms with Gasteiger partial charge in [-0.1, -0.05) is 15.9 Å². The summed E-state index contributed by atoms with van der Waals surface area (Å²) in [6.45, 7) is 0. The molecule has 0 radical (unpaired) electrons. The van der Waals surface area contributed by atoms with E-state index < -0.39 is 17.8 Å². The normalized spacial score (nSPS) is 12.5. The number of hydrogen-bond acceptors (Lipinski definition) is 7. The summed E-state index contributed by atoms with van der Waals surface area (Å²) >= 11 is 4.66. The van der Waals surface area contributed by atoms with Gasteiger partial charge in [0.1, 0.15) is 16.8 Å². The molecule has 1 aromatic heterocycles. The van der Waals surface area contributed by atoms with Gasteiger partial charge in [0.2, 0.25) is 0 Å². The highest BCUT2D eigenvalue weighted by atomic mass is 79.9. The van der Waals surface area contributed by atoms with Crippen LogP contribution in [0.4, 0.5) is 5.00 Å². The molecular weight excluding hydrogens is 532 g/mol. The number of amides is 2. The van der Waals surface area contributed by atoms with Gasteiger partial charge in [0.15, 0.2) is 0 Å². The Kier molecular flexibility index (Phi) is 7.70. The number of carbonyl (C=O) groups is 3. The van der Waals surface area contributed by atoms with Crippen molar-refractivity contribution in [1.29, 1.82) is 5.26 Å². The van der Waals surface area contributed by atoms with Crippen LogP contribution < -0.4 is 15.5 Å². The van der Waals surface area contributed by atoms with Crippen LogP contribution in [-0.4, -0.2) is 24.0 Å². The number of rotatable bonds is 5. The number of ether oxygens (including phenoxy) is 1. The van der Waals surface area contributed by atoms with Gasteiger partial charge in [0.05, 0.1) is 17.3 Å². The molecule has 2 aromatic carbocycles. The number of fused-ring (bicyclic) bond motifs is 1. The Hall–Kier alpha value is -3.81. The molecule has 2 N–H and O–H groups in total. The third kappa shape index (κ3) is 6.01. The van der Waals surface area contributed by atoms with Crippen molar-refractivity contribution in [2.24, 2.45) is 5.10 Å². The first kappa shape index (κ1) is 24.3. The number of hydrogen-bond donors (Lipinski definition) is 2. The number of nitrogens with one attached hydrogen (secondary N) is 2. The fourth-order valence-corrected chi connectivity index (χ4v) is 5.02. The molecule has 1 aliphatic carbocycles. The topological polar surface area (TPSA) is 121 Å². The van der Waals surface area contributed by atoms with Gasteiger partial charge in [0.25, 0.3) is 0 Å². The zero-order valence-corrected chi connectivity index (χ0v) is 20.7. The summed E-state index contributed by atoms with van der Waals surface area (Å²) in [4.78, 5) is 37.7. The lowest BCUT2D eigenvalue weighted by atomic mass is 9.96. The molecule has 3 aromatic rings. The van der Waals surface area contributed by atoms with Gasteiger partial charge in [0, 0.05) is 9.35 Å². The number of anilines is 1. The summed E-state index contributed by atoms with van der Waals surface area (Å²) in [6, 6.07) is 15.4. The lowest BCUT2D eigenvalue weighted by Gasteiger charge is -2.09. The molecule has 176 valence electrons. The molecule has 10 heteroatoms. The average Bonchev–Trinajstić information content (AvgIpc) is 3.22. The Balaban J connectivity index is 1.30. The molecule has 0 bridgehead atoms. The summed E-state index contributed by atoms with van der Waals surface area (Å²) in [5.74, 6) is -1.97. The minimum Gasteiger partial charge on any atom is -0.423 e. The van der Waals surface area contributed by atoms with E-state index in [1.165, 1.54) is 17.6 Å². The van der Waals surface area contributed by atoms with E-state index in [1.54, 1.807) is 48.5 Å². The van der Waals surface area contributed by atoms with E-state index in [1.807, 2.05) is 0 Å². The number of hydrazone groups is 1. The van der Waals surface area contributed by atoms with Crippen molar-refractivity contribution in [2.45, 2.75) is 25.7 Å². The fraction of sp³-hybridized carbons (Fsp3) is 0.160. The Bertz CT molecular complexity index is 1340. The summed E-state index contributed by atoms with van der Waals surface area (Å²) in [5.41, 5.74) is 4.63. The summed E-state index contributed by atoms with van der Waals surface area (Å²) in [5, 5.41) is 16.2. The number of carbonyl (C=O) groups excluding carboxylic acids is 3. The second kappa shape index (κ2) is 11.1. The maximum absolute atomic E-state index is 12.3. The summed E-state index contributed by atoms with van der Waals surface area (Å²) < 4.78 is 6.19. The molecule has 0 saturated carbocycles. The number of benzene rings is 2. The molecule has 0 fully saturated rings. The van der Waals surface area contributed by atoms with E-state index in [0.29, 0.717) is 27.4 Å². The van der Waals surface area contributed by atoms with Crippen molar-refractivity contribution >= 4 is 56.3 Å². The van der Waals surface area contributed by atoms with E-state index in [2.05, 4.69) is 37.8 Å². The van der Waals surface area contributed by atoms with Gasteiger partial charge in [-0.05, 0) is 85.3 Å². The van der Waals surface area contributed by atoms with Crippen LogP contribution >= 0.6 is 27.3 Å². The second-order valence-corrected chi connectivity index (χ2v) is 9.67. The first-order valence-corrected chi connectivity index (χ1v) is 12.3. The fourth-order valence-electron chi connectivity index (χ4n) is 3.52. The number of nitrogens with zero attached hydrogens (tertiary/aromatic N) is 2.